The van der Waals surface area contributed by atoms with Crippen LogP contribution >= 0.6 is 0 Å². The number of hydrogen-bond donors (Lipinski definition) is 2. The van der Waals surface area contributed by atoms with E-state index in [-0.39, 0.29) is 23.2 Å². The van der Waals surface area contributed by atoms with Gasteiger partial charge in [0.25, 0.3) is 0 Å². The van der Waals surface area contributed by atoms with Crippen molar-refractivity contribution in [2.45, 2.75) is 0 Å². The average molecular weight is 126 g/mol. The van der Waals surface area contributed by atoms with Crippen LogP contribution in [0.2, 0.25) is 0 Å². The monoisotopic (exact) mass is 125 g/mol. The van der Waals surface area contributed by atoms with Crippen molar-refractivity contribution in [3.05, 3.63) is 0 Å². The van der Waals surface area contributed by atoms with E-state index in [1.807, 2.05) is 0 Å². The predicted molar refractivity (Wildman–Crippen MR) is 13.3 cm³/mol. The molecule has 0 heterocycles. The van der Waals surface area contributed by atoms with Crippen LogP contribution in [0, 0.1) is 0 Å². The van der Waals surface area contributed by atoms with Gasteiger partial charge >= 0.3 is 17.1 Å². The van der Waals surface area contributed by atoms with E-state index in [4.69, 9.17) is 9.90 Å². The van der Waals surface area contributed by atoms with Gasteiger partial charge in [0, 0.05) is 0 Å². The van der Waals surface area contributed by atoms with Crippen LogP contribution in [0.3, 0.4) is 0 Å². The standard InChI is InChI=1S/CHO2.Cu.H3N/c2-1-3;;/h(H,2,3);;1H3/q-1;+1;. The zero-order chi connectivity index (χ0) is 2.71. The molecular formula is CH4CuNO2. The van der Waals surface area contributed by atoms with E-state index in [0.717, 1.165) is 0 Å². The molecule has 0 bridgehead atoms. The number of rotatable bonds is 0. The largest absolute Gasteiger partial charge is 1.00 e. The summed E-state index contributed by atoms with van der Waals surface area (Å²) in [5.41, 5.74) is 0. The van der Waals surface area contributed by atoms with E-state index in [1.54, 1.807) is 0 Å². The quantitative estimate of drug-likeness (QED) is 0.347. The van der Waals surface area contributed by atoms with Crippen LogP contribution in [0.25, 0.3) is 0 Å². The van der Waals surface area contributed by atoms with Gasteiger partial charge in [-0.3, -0.25) is 0 Å². The van der Waals surface area contributed by atoms with Crippen molar-refractivity contribution in [3.63, 3.8) is 0 Å². The topological polar surface area (TPSA) is 72.3 Å². The maximum absolute atomic E-state index is 8.24. The fraction of sp³-hybridized carbons (Fsp3) is 0. The van der Waals surface area contributed by atoms with Gasteiger partial charge in [-0.25, -0.2) is 0 Å². The summed E-state index contributed by atoms with van der Waals surface area (Å²) in [7, 11) is 0. The minimum atomic E-state index is 0. The van der Waals surface area contributed by atoms with Gasteiger partial charge in [-0.05, 0) is 0 Å². The van der Waals surface area contributed by atoms with Crippen LogP contribution in [0.5, 0.6) is 0 Å². The molecule has 0 aliphatic carbocycles. The summed E-state index contributed by atoms with van der Waals surface area (Å²) in [5.74, 6) is 0. The van der Waals surface area contributed by atoms with Crippen LogP contribution in [0.1, 0.15) is 0 Å². The van der Waals surface area contributed by atoms with E-state index in [9.17, 15) is 0 Å². The van der Waals surface area contributed by atoms with Gasteiger partial charge in [-0.2, -0.15) is 0 Å². The van der Waals surface area contributed by atoms with Gasteiger partial charge in [0.2, 0.25) is 0 Å². The third-order valence-electron chi connectivity index (χ3n) is 0. The Morgan fingerprint density at radius 1 is 1.60 bits per heavy atom. The van der Waals surface area contributed by atoms with Gasteiger partial charge in [-0.15, -0.1) is 0 Å². The molecule has 0 saturated heterocycles. The van der Waals surface area contributed by atoms with Gasteiger partial charge < -0.3 is 16.1 Å². The molecule has 0 aliphatic rings. The van der Waals surface area contributed by atoms with Crippen molar-refractivity contribution >= 4 is 6.47 Å². The summed E-state index contributed by atoms with van der Waals surface area (Å²) in [4.78, 5) is 8.24. The fourth-order valence-corrected chi connectivity index (χ4v) is 0. The van der Waals surface area contributed by atoms with Gasteiger partial charge in [0.1, 0.15) is 0 Å². The van der Waals surface area contributed by atoms with E-state index < -0.39 is 0 Å². The summed E-state index contributed by atoms with van der Waals surface area (Å²) in [6.07, 6.45) is 0. The third-order valence-corrected chi connectivity index (χ3v) is 0. The Hall–Kier alpha value is -0.0505. The second-order valence-electron chi connectivity index (χ2n) is 0.0913. The molecule has 0 aromatic rings. The van der Waals surface area contributed by atoms with Crippen LogP contribution in [-0.4, -0.2) is 11.6 Å². The molecule has 3 nitrogen and oxygen atoms in total. The number of hydrogen-bond acceptors (Lipinski definition) is 2. The Morgan fingerprint density at radius 2 is 1.60 bits per heavy atom. The summed E-state index contributed by atoms with van der Waals surface area (Å²) in [6, 6.07) is 0. The first kappa shape index (κ1) is 20.3. The molecule has 4 heteroatoms. The Kier molecular flexibility index (Phi) is 155. The summed E-state index contributed by atoms with van der Waals surface area (Å²) in [6.45, 7) is 0.500. The van der Waals surface area contributed by atoms with Crippen molar-refractivity contribution in [2.75, 3.05) is 0 Å². The summed E-state index contributed by atoms with van der Waals surface area (Å²) < 4.78 is 0. The first-order chi connectivity index (χ1) is 1.41. The Balaban J connectivity index is -0.0000000200. The smallest absolute Gasteiger partial charge is 0.665 e. The maximum Gasteiger partial charge on any atom is 1.00 e. The minimum absolute atomic E-state index is 0. The van der Waals surface area contributed by atoms with E-state index in [2.05, 4.69) is 0 Å². The van der Waals surface area contributed by atoms with Crippen molar-refractivity contribution in [1.82, 2.24) is 6.15 Å². The van der Waals surface area contributed by atoms with Crippen molar-refractivity contribution < 1.29 is 27.0 Å². The van der Waals surface area contributed by atoms with Crippen LogP contribution in [0.4, 0.5) is 0 Å². The van der Waals surface area contributed by atoms with E-state index in [1.165, 1.54) is 0 Å². The molecule has 0 aromatic heterocycles. The molecule has 0 atom stereocenters. The molecule has 36 valence electrons. The Labute approximate surface area is 40.4 Å². The van der Waals surface area contributed by atoms with Gasteiger partial charge in [-0.1, -0.05) is 6.47 Å². The molecule has 5 heavy (non-hydrogen) atoms. The third kappa shape index (κ3) is 5880. The van der Waals surface area contributed by atoms with Gasteiger partial charge in [0.15, 0.2) is 0 Å². The summed E-state index contributed by atoms with van der Waals surface area (Å²) >= 11 is 0. The molecule has 4 N–H and O–H groups in total. The molecule has 0 aliphatic heterocycles. The molecule has 0 spiro atoms. The average Bonchev–Trinajstić information content (AvgIpc) is 0.918. The molecule has 0 amide bonds. The predicted octanol–water partition coefficient (Wildman–Crippen LogP) is -0.229. The molecular weight excluding hydrogens is 122 g/mol. The zero-order valence-corrected chi connectivity index (χ0v) is 3.31. The molecule has 0 rings (SSSR count). The van der Waals surface area contributed by atoms with Crippen molar-refractivity contribution in [1.29, 1.82) is 0 Å². The molecule has 0 fully saturated rings. The molecule has 0 aromatic carbocycles. The van der Waals surface area contributed by atoms with Crippen molar-refractivity contribution in [2.24, 2.45) is 0 Å². The fourth-order valence-electron chi connectivity index (χ4n) is 0. The second-order valence-corrected chi connectivity index (χ2v) is 0.0913. The van der Waals surface area contributed by atoms with E-state index >= 15 is 0 Å². The molecule has 0 radical (unpaired) electrons. The minimum Gasteiger partial charge on any atom is -0.665 e. The first-order valence-electron chi connectivity index (χ1n) is 0.428. The Morgan fingerprint density at radius 3 is 1.60 bits per heavy atom. The Bertz CT molecular complexity index is 17.1. The molecule has 0 unspecified atom stereocenters. The van der Waals surface area contributed by atoms with Crippen LogP contribution in [-0.2, 0) is 21.9 Å². The summed E-state index contributed by atoms with van der Waals surface area (Å²) in [5, 5.41) is 6.76. The van der Waals surface area contributed by atoms with Crippen LogP contribution < -0.4 is 6.15 Å². The van der Waals surface area contributed by atoms with Gasteiger partial charge in [0.05, 0.1) is 0 Å². The second kappa shape index (κ2) is 38.1. The molecule has 0 saturated carbocycles. The van der Waals surface area contributed by atoms with Crippen molar-refractivity contribution in [3.8, 4) is 0 Å². The zero-order valence-electron chi connectivity index (χ0n) is 2.36. The SMILES string of the molecule is N.O=[C-]O.[Cu+]. The van der Waals surface area contributed by atoms with Crippen LogP contribution in [0.15, 0.2) is 0 Å². The number of aliphatic hydroxyl groups excluding tert-OH is 1. The first-order valence-corrected chi connectivity index (χ1v) is 0.428. The normalized spacial score (nSPS) is 2.40. The maximum atomic E-state index is 8.24. The van der Waals surface area contributed by atoms with E-state index in [0.29, 0.717) is 6.47 Å².